The van der Waals surface area contributed by atoms with Crippen molar-refractivity contribution in [1.82, 2.24) is 4.57 Å². The largest absolute Gasteiger partial charge is 0.462 e. The fourth-order valence-electron chi connectivity index (χ4n) is 3.38. The number of nitrogens with zero attached hydrogens (tertiary/aromatic N) is 1. The number of carbonyl (C=O) groups excluding carboxylic acids is 1. The third-order valence-electron chi connectivity index (χ3n) is 4.62. The fraction of sp³-hybridized carbons (Fsp3) is 0.300. The average molecular weight is 337 g/mol. The van der Waals surface area contributed by atoms with E-state index in [4.69, 9.17) is 9.47 Å². The highest BCUT2D eigenvalue weighted by molar-refractivity contribution is 5.94. The predicted octanol–water partition coefficient (Wildman–Crippen LogP) is 2.88. The van der Waals surface area contributed by atoms with Gasteiger partial charge in [-0.2, -0.15) is 0 Å². The fourth-order valence-corrected chi connectivity index (χ4v) is 3.38. The van der Waals surface area contributed by atoms with Crippen molar-refractivity contribution in [1.29, 1.82) is 0 Å². The van der Waals surface area contributed by atoms with Gasteiger partial charge in [0.05, 0.1) is 17.1 Å². The molecule has 0 N–H and O–H groups in total. The van der Waals surface area contributed by atoms with Crippen LogP contribution in [0.5, 0.6) is 0 Å². The summed E-state index contributed by atoms with van der Waals surface area (Å²) < 4.78 is 12.7. The summed E-state index contributed by atoms with van der Waals surface area (Å²) in [6, 6.07) is 14.7. The van der Waals surface area contributed by atoms with Gasteiger partial charge in [-0.15, -0.1) is 0 Å². The maximum Gasteiger partial charge on any atom is 0.326 e. The van der Waals surface area contributed by atoms with E-state index in [-0.39, 0.29) is 30.7 Å². The highest BCUT2D eigenvalue weighted by atomic mass is 16.6. The number of benzene rings is 2. The number of pyridine rings is 1. The van der Waals surface area contributed by atoms with Crippen LogP contribution in [-0.2, 0) is 20.8 Å². The number of carbonyl (C=O) groups is 1. The van der Waals surface area contributed by atoms with E-state index in [1.54, 1.807) is 12.1 Å². The first-order valence-electron chi connectivity index (χ1n) is 8.51. The van der Waals surface area contributed by atoms with Crippen molar-refractivity contribution in [2.75, 3.05) is 13.2 Å². The molecule has 3 aromatic rings. The van der Waals surface area contributed by atoms with Gasteiger partial charge < -0.3 is 14.0 Å². The lowest BCUT2D eigenvalue weighted by atomic mass is 10.1. The van der Waals surface area contributed by atoms with Gasteiger partial charge in [0.1, 0.15) is 13.2 Å². The van der Waals surface area contributed by atoms with Crippen molar-refractivity contribution >= 4 is 27.8 Å². The summed E-state index contributed by atoms with van der Waals surface area (Å²) in [6.45, 7) is 1.08. The Balaban J connectivity index is 1.70. The van der Waals surface area contributed by atoms with Crippen molar-refractivity contribution in [3.63, 3.8) is 0 Å². The molecule has 1 aliphatic rings. The second-order valence-electron chi connectivity index (χ2n) is 6.27. The Bertz CT molecular complexity index is 926. The van der Waals surface area contributed by atoms with Crippen molar-refractivity contribution in [2.45, 2.75) is 25.5 Å². The summed E-state index contributed by atoms with van der Waals surface area (Å²) >= 11 is 0. The molecule has 25 heavy (non-hydrogen) atoms. The van der Waals surface area contributed by atoms with Gasteiger partial charge >= 0.3 is 5.97 Å². The van der Waals surface area contributed by atoms with E-state index >= 15 is 0 Å². The van der Waals surface area contributed by atoms with E-state index in [1.165, 1.54) is 0 Å². The molecule has 1 saturated heterocycles. The minimum Gasteiger partial charge on any atom is -0.462 e. The summed E-state index contributed by atoms with van der Waals surface area (Å²) in [5.74, 6) is -0.325. The molecule has 1 aliphatic heterocycles. The minimum atomic E-state index is -0.325. The van der Waals surface area contributed by atoms with Crippen molar-refractivity contribution in [2.24, 2.45) is 0 Å². The topological polar surface area (TPSA) is 57.5 Å². The molecular weight excluding hydrogens is 318 g/mol. The minimum absolute atomic E-state index is 0.00598. The van der Waals surface area contributed by atoms with Crippen LogP contribution in [0.2, 0.25) is 0 Å². The Labute approximate surface area is 144 Å². The Morgan fingerprint density at radius 2 is 1.72 bits per heavy atom. The Kier molecular flexibility index (Phi) is 4.24. The number of para-hydroxylation sites is 2. The SMILES string of the molecule is O=C(Cn1c2ccccc2c(=O)c2ccccc21)OCC1CCCO1. The highest BCUT2D eigenvalue weighted by Gasteiger charge is 2.18. The van der Waals surface area contributed by atoms with Crippen LogP contribution in [0.3, 0.4) is 0 Å². The number of hydrogen-bond donors (Lipinski definition) is 0. The van der Waals surface area contributed by atoms with E-state index in [0.29, 0.717) is 10.8 Å². The van der Waals surface area contributed by atoms with Gasteiger partial charge in [-0.05, 0) is 37.1 Å². The molecule has 1 aromatic heterocycles. The molecule has 5 heteroatoms. The Morgan fingerprint density at radius 1 is 1.08 bits per heavy atom. The second-order valence-corrected chi connectivity index (χ2v) is 6.27. The number of ether oxygens (including phenoxy) is 2. The molecule has 1 atom stereocenters. The molecule has 2 aromatic carbocycles. The first kappa shape index (κ1) is 15.8. The summed E-state index contributed by atoms with van der Waals surface area (Å²) in [5, 5.41) is 1.21. The molecule has 1 unspecified atom stereocenters. The summed E-state index contributed by atoms with van der Waals surface area (Å²) in [4.78, 5) is 25.0. The van der Waals surface area contributed by atoms with Gasteiger partial charge in [0.2, 0.25) is 0 Å². The standard InChI is InChI=1S/C20H19NO4/c22-19(25-13-14-6-5-11-24-14)12-21-17-9-3-1-7-15(17)20(23)16-8-2-4-10-18(16)21/h1-4,7-10,14H,5-6,11-13H2. The maximum absolute atomic E-state index is 12.7. The zero-order chi connectivity index (χ0) is 17.2. The van der Waals surface area contributed by atoms with E-state index < -0.39 is 0 Å². The van der Waals surface area contributed by atoms with E-state index in [0.717, 1.165) is 30.5 Å². The lowest BCUT2D eigenvalue weighted by molar-refractivity contribution is -0.147. The zero-order valence-electron chi connectivity index (χ0n) is 13.8. The highest BCUT2D eigenvalue weighted by Crippen LogP contribution is 2.19. The lowest BCUT2D eigenvalue weighted by Gasteiger charge is -2.15. The molecule has 0 saturated carbocycles. The molecule has 5 nitrogen and oxygen atoms in total. The summed E-state index contributed by atoms with van der Waals surface area (Å²) in [6.07, 6.45) is 1.94. The number of hydrogen-bond acceptors (Lipinski definition) is 4. The molecular formula is C20H19NO4. The van der Waals surface area contributed by atoms with Crippen LogP contribution in [0, 0.1) is 0 Å². The first-order valence-corrected chi connectivity index (χ1v) is 8.51. The van der Waals surface area contributed by atoms with Gasteiger partial charge in [-0.25, -0.2) is 0 Å². The molecule has 0 bridgehead atoms. The number of aromatic nitrogens is 1. The van der Waals surface area contributed by atoms with Crippen molar-refractivity contribution in [3.8, 4) is 0 Å². The number of rotatable bonds is 4. The van der Waals surface area contributed by atoms with Crippen LogP contribution in [0.15, 0.2) is 53.3 Å². The van der Waals surface area contributed by atoms with Crippen LogP contribution in [0.1, 0.15) is 12.8 Å². The third-order valence-corrected chi connectivity index (χ3v) is 4.62. The number of esters is 1. The van der Waals surface area contributed by atoms with Gasteiger partial charge in [-0.1, -0.05) is 24.3 Å². The van der Waals surface area contributed by atoms with E-state index in [2.05, 4.69) is 0 Å². The molecule has 4 rings (SSSR count). The average Bonchev–Trinajstić information content (AvgIpc) is 3.17. The smallest absolute Gasteiger partial charge is 0.326 e. The third kappa shape index (κ3) is 3.03. The van der Waals surface area contributed by atoms with Crippen molar-refractivity contribution < 1.29 is 14.3 Å². The summed E-state index contributed by atoms with van der Waals surface area (Å²) in [5.41, 5.74) is 1.45. The molecule has 128 valence electrons. The molecule has 0 aliphatic carbocycles. The monoisotopic (exact) mass is 337 g/mol. The van der Waals surface area contributed by atoms with Crippen LogP contribution in [0.4, 0.5) is 0 Å². The van der Waals surface area contributed by atoms with Gasteiger partial charge in [0.25, 0.3) is 0 Å². The molecule has 0 amide bonds. The maximum atomic E-state index is 12.7. The number of fused-ring (bicyclic) bond motifs is 2. The molecule has 1 fully saturated rings. The van der Waals surface area contributed by atoms with Crippen LogP contribution in [-0.4, -0.2) is 29.9 Å². The normalized spacial score (nSPS) is 17.2. The van der Waals surface area contributed by atoms with Crippen LogP contribution in [0.25, 0.3) is 21.8 Å². The summed E-state index contributed by atoms with van der Waals surface area (Å²) in [7, 11) is 0. The van der Waals surface area contributed by atoms with Gasteiger partial charge in [0, 0.05) is 17.4 Å². The first-order chi connectivity index (χ1) is 12.2. The molecule has 0 spiro atoms. The Morgan fingerprint density at radius 3 is 2.32 bits per heavy atom. The van der Waals surface area contributed by atoms with Crippen LogP contribution < -0.4 is 5.43 Å². The van der Waals surface area contributed by atoms with Crippen molar-refractivity contribution in [3.05, 3.63) is 58.8 Å². The van der Waals surface area contributed by atoms with Gasteiger partial charge in [0.15, 0.2) is 5.43 Å². The predicted molar refractivity (Wildman–Crippen MR) is 95.6 cm³/mol. The lowest BCUT2D eigenvalue weighted by Crippen LogP contribution is -2.22. The molecule has 0 radical (unpaired) electrons. The van der Waals surface area contributed by atoms with E-state index in [9.17, 15) is 9.59 Å². The molecule has 2 heterocycles. The Hall–Kier alpha value is -2.66. The quantitative estimate of drug-likeness (QED) is 0.543. The second kappa shape index (κ2) is 6.69. The van der Waals surface area contributed by atoms with Crippen LogP contribution >= 0.6 is 0 Å². The zero-order valence-corrected chi connectivity index (χ0v) is 13.8. The van der Waals surface area contributed by atoms with E-state index in [1.807, 2.05) is 41.0 Å². The van der Waals surface area contributed by atoms with Gasteiger partial charge in [-0.3, -0.25) is 9.59 Å².